The summed E-state index contributed by atoms with van der Waals surface area (Å²) in [6, 6.07) is 6.04. The third-order valence-corrected chi connectivity index (χ3v) is 10.4. The molecule has 45 heavy (non-hydrogen) atoms. The monoisotopic (exact) mass is 643 g/mol. The highest BCUT2D eigenvalue weighted by atomic mass is 32.2. The van der Waals surface area contributed by atoms with Crippen molar-refractivity contribution in [2.45, 2.75) is 62.8 Å². The molecule has 0 unspecified atom stereocenters. The van der Waals surface area contributed by atoms with Crippen LogP contribution in [0, 0.1) is 11.2 Å². The number of pyridine rings is 1. The van der Waals surface area contributed by atoms with Crippen molar-refractivity contribution in [1.82, 2.24) is 34.1 Å². The van der Waals surface area contributed by atoms with Crippen LogP contribution in [0.4, 0.5) is 17.6 Å². The highest BCUT2D eigenvalue weighted by molar-refractivity contribution is 7.89. The van der Waals surface area contributed by atoms with Gasteiger partial charge in [0.25, 0.3) is 10.0 Å². The molecule has 0 N–H and O–H groups in total. The summed E-state index contributed by atoms with van der Waals surface area (Å²) < 4.78 is 85.3. The first kappa shape index (κ1) is 30.8. The minimum atomic E-state index is -4.70. The van der Waals surface area contributed by atoms with Crippen LogP contribution in [0.15, 0.2) is 65.6 Å². The highest BCUT2D eigenvalue weighted by Crippen LogP contribution is 2.51. The Hall–Kier alpha value is -4.24. The van der Waals surface area contributed by atoms with E-state index in [0.717, 1.165) is 29.3 Å². The molecule has 0 saturated heterocycles. The number of aromatic nitrogens is 6. The maximum absolute atomic E-state index is 14.5. The van der Waals surface area contributed by atoms with Gasteiger partial charge in [-0.1, -0.05) is 5.57 Å². The van der Waals surface area contributed by atoms with Crippen molar-refractivity contribution in [3.8, 4) is 5.69 Å². The number of Topliss-reactive ketones (excluding diaryl/α,β-unsaturated/α-hetero) is 1. The van der Waals surface area contributed by atoms with Crippen molar-refractivity contribution < 1.29 is 30.8 Å². The van der Waals surface area contributed by atoms with Gasteiger partial charge in [-0.15, -0.1) is 5.10 Å². The van der Waals surface area contributed by atoms with E-state index in [1.807, 2.05) is 0 Å². The number of rotatable bonds is 7. The molecule has 1 aromatic carbocycles. The van der Waals surface area contributed by atoms with Gasteiger partial charge in [0.2, 0.25) is 5.03 Å². The van der Waals surface area contributed by atoms with Crippen LogP contribution in [0.3, 0.4) is 0 Å². The minimum Gasteiger partial charge on any atom is -0.291 e. The number of sulfonamides is 1. The maximum Gasteiger partial charge on any atom is 0.416 e. The number of carbonyl (C=O) groups is 1. The molecule has 10 nitrogen and oxygen atoms in total. The van der Waals surface area contributed by atoms with Crippen LogP contribution >= 0.6 is 0 Å². The lowest BCUT2D eigenvalue weighted by Gasteiger charge is -2.47. The normalized spacial score (nSPS) is 20.2. The average molecular weight is 644 g/mol. The van der Waals surface area contributed by atoms with E-state index >= 15 is 0 Å². The summed E-state index contributed by atoms with van der Waals surface area (Å²) in [6.07, 6.45) is 1.46. The van der Waals surface area contributed by atoms with E-state index in [9.17, 15) is 30.8 Å². The second-order valence-corrected chi connectivity index (χ2v) is 13.4. The predicted molar refractivity (Wildman–Crippen MR) is 154 cm³/mol. The summed E-state index contributed by atoms with van der Waals surface area (Å²) in [7, 11) is -2.66. The summed E-state index contributed by atoms with van der Waals surface area (Å²) in [5, 5.41) is 12.2. The first-order valence-corrected chi connectivity index (χ1v) is 15.7. The van der Waals surface area contributed by atoms with Gasteiger partial charge in [0.1, 0.15) is 11.5 Å². The molecule has 2 atom stereocenters. The van der Waals surface area contributed by atoms with Crippen LogP contribution in [-0.4, -0.2) is 60.3 Å². The number of hydrogen-bond acceptors (Lipinski definition) is 7. The largest absolute Gasteiger partial charge is 0.416 e. The van der Waals surface area contributed by atoms with Crippen LogP contribution in [0.5, 0.6) is 0 Å². The zero-order valence-corrected chi connectivity index (χ0v) is 25.3. The number of carbonyl (C=O) groups excluding carboxylic acids is 1. The van der Waals surface area contributed by atoms with Crippen molar-refractivity contribution in [1.29, 1.82) is 0 Å². The molecule has 0 aliphatic heterocycles. The van der Waals surface area contributed by atoms with Gasteiger partial charge >= 0.3 is 6.18 Å². The second kappa shape index (κ2) is 11.0. The molecule has 0 bridgehead atoms. The third-order valence-electron chi connectivity index (χ3n) is 8.45. The number of hydrogen-bond donors (Lipinski definition) is 0. The number of ketones is 1. The zero-order valence-electron chi connectivity index (χ0n) is 24.5. The molecule has 236 valence electrons. The molecule has 4 aromatic rings. The van der Waals surface area contributed by atoms with E-state index < -0.39 is 50.9 Å². The molecule has 2 aliphatic rings. The van der Waals surface area contributed by atoms with Crippen molar-refractivity contribution in [2.24, 2.45) is 12.5 Å². The fourth-order valence-corrected chi connectivity index (χ4v) is 8.26. The van der Waals surface area contributed by atoms with E-state index in [1.165, 1.54) is 23.5 Å². The molecular weight excluding hydrogens is 614 g/mol. The number of fused-ring (bicyclic) bond motifs is 2. The van der Waals surface area contributed by atoms with Crippen LogP contribution in [0.25, 0.3) is 11.8 Å². The fourth-order valence-electron chi connectivity index (χ4n) is 6.51. The van der Waals surface area contributed by atoms with E-state index in [1.54, 1.807) is 42.9 Å². The Morgan fingerprint density at radius 2 is 1.84 bits per heavy atom. The van der Waals surface area contributed by atoms with Crippen LogP contribution < -0.4 is 0 Å². The second-order valence-electron chi connectivity index (χ2n) is 11.6. The van der Waals surface area contributed by atoms with Crippen molar-refractivity contribution in [2.75, 3.05) is 0 Å². The van der Waals surface area contributed by atoms with Gasteiger partial charge in [-0.3, -0.25) is 9.78 Å². The molecule has 1 saturated carbocycles. The predicted octanol–water partition coefficient (Wildman–Crippen LogP) is 5.01. The van der Waals surface area contributed by atoms with Gasteiger partial charge in [0, 0.05) is 25.3 Å². The zero-order chi connectivity index (χ0) is 32.3. The Morgan fingerprint density at radius 1 is 1.11 bits per heavy atom. The average Bonchev–Trinajstić information content (AvgIpc) is 3.61. The van der Waals surface area contributed by atoms with Gasteiger partial charge in [0.15, 0.2) is 5.78 Å². The van der Waals surface area contributed by atoms with Gasteiger partial charge in [-0.2, -0.15) is 32.5 Å². The Kier molecular flexibility index (Phi) is 7.51. The smallest absolute Gasteiger partial charge is 0.291 e. The van der Waals surface area contributed by atoms with Crippen molar-refractivity contribution >= 4 is 21.9 Å². The topological polar surface area (TPSA) is 116 Å². The number of aryl methyl sites for hydroxylation is 1. The molecule has 0 radical (unpaired) electrons. The van der Waals surface area contributed by atoms with Crippen LogP contribution in [-0.2, 0) is 29.7 Å². The summed E-state index contributed by atoms with van der Waals surface area (Å²) in [6.45, 7) is 3.43. The Balaban J connectivity index is 1.47. The molecule has 2 aliphatic carbocycles. The lowest BCUT2D eigenvalue weighted by atomic mass is 9.60. The molecule has 6 rings (SSSR count). The first-order valence-electron chi connectivity index (χ1n) is 14.2. The minimum absolute atomic E-state index is 0.00552. The first-order chi connectivity index (χ1) is 21.2. The number of allylic oxidation sites excluding steroid dienone is 1. The van der Waals surface area contributed by atoms with Gasteiger partial charge in [-0.25, -0.2) is 17.5 Å². The van der Waals surface area contributed by atoms with Crippen molar-refractivity contribution in [3.05, 3.63) is 88.9 Å². The van der Waals surface area contributed by atoms with Gasteiger partial charge < -0.3 is 0 Å². The maximum atomic E-state index is 14.5. The molecule has 0 spiro atoms. The molecular formula is C30H29F4N7O3S. The third kappa shape index (κ3) is 5.37. The Labute approximate surface area is 256 Å². The van der Waals surface area contributed by atoms with Crippen LogP contribution in [0.2, 0.25) is 0 Å². The standard InChI is InChI=1S/C30H29F4N7O3S/c1-18(2)41(45(43,44)27-17-36-39(3)38-27)24-7-4-20-13-26-19(16-37-40(26)23-8-5-22(31)6-9-23)14-29(20,15-24)28(42)25-12-21(10-11-35-25)30(32,33)34/h5-6,8-13,16-18,24H,4,7,14-15H2,1-3H3/t24-,29-/m0/s1. The van der Waals surface area contributed by atoms with Gasteiger partial charge in [-0.05, 0) is 87.6 Å². The summed E-state index contributed by atoms with van der Waals surface area (Å²) in [5.74, 6) is -1.05. The summed E-state index contributed by atoms with van der Waals surface area (Å²) >= 11 is 0. The molecule has 0 amide bonds. The van der Waals surface area contributed by atoms with E-state index in [-0.39, 0.29) is 30.0 Å². The van der Waals surface area contributed by atoms with E-state index in [2.05, 4.69) is 20.3 Å². The lowest BCUT2D eigenvalue weighted by Crippen LogP contribution is -2.52. The number of alkyl halides is 3. The molecule has 3 heterocycles. The van der Waals surface area contributed by atoms with Crippen LogP contribution in [0.1, 0.15) is 60.4 Å². The lowest BCUT2D eigenvalue weighted by molar-refractivity contribution is -0.137. The SMILES string of the molecule is CC(C)N([C@H]1CCC2=Cc3c(cnn3-c3ccc(F)cc3)C[C@]2(C(=O)c2cc(C(F)(F)F)ccn2)C1)S(=O)(=O)c1cnn(C)n1. The Bertz CT molecular complexity index is 1920. The number of benzene rings is 1. The van der Waals surface area contributed by atoms with E-state index in [0.29, 0.717) is 28.9 Å². The fraction of sp³-hybridized carbons (Fsp3) is 0.367. The highest BCUT2D eigenvalue weighted by Gasteiger charge is 2.52. The van der Waals surface area contributed by atoms with E-state index in [4.69, 9.17) is 0 Å². The molecule has 1 fully saturated rings. The van der Waals surface area contributed by atoms with Gasteiger partial charge in [0.05, 0.1) is 34.8 Å². The quantitative estimate of drug-likeness (QED) is 0.205. The van der Waals surface area contributed by atoms with Crippen molar-refractivity contribution in [3.63, 3.8) is 0 Å². The molecule has 3 aromatic heterocycles. The summed E-state index contributed by atoms with van der Waals surface area (Å²) in [5.41, 5.74) is -0.263. The number of halogens is 4. The molecule has 15 heteroatoms. The number of nitrogens with zero attached hydrogens (tertiary/aromatic N) is 7. The Morgan fingerprint density at radius 3 is 2.49 bits per heavy atom. The summed E-state index contributed by atoms with van der Waals surface area (Å²) in [4.78, 5) is 19.7.